The average Bonchev–Trinajstić information content (AvgIpc) is 2.59. The van der Waals surface area contributed by atoms with E-state index in [-0.39, 0.29) is 0 Å². The molecular formula is C20H34N4. The van der Waals surface area contributed by atoms with Gasteiger partial charge in [-0.2, -0.15) is 0 Å². The van der Waals surface area contributed by atoms with Crippen LogP contribution in [0.3, 0.4) is 0 Å². The minimum absolute atomic E-state index is 0.439. The summed E-state index contributed by atoms with van der Waals surface area (Å²) in [6, 6.07) is 10.6. The summed E-state index contributed by atoms with van der Waals surface area (Å²) in [7, 11) is 2.23. The van der Waals surface area contributed by atoms with Crippen LogP contribution >= 0.6 is 0 Å². The quantitative estimate of drug-likeness (QED) is 0.890. The lowest BCUT2D eigenvalue weighted by molar-refractivity contribution is 0.170. The molecular weight excluding hydrogens is 296 g/mol. The predicted octanol–water partition coefficient (Wildman–Crippen LogP) is 3.14. The van der Waals surface area contributed by atoms with E-state index < -0.39 is 0 Å². The third-order valence-corrected chi connectivity index (χ3v) is 6.08. The smallest absolute Gasteiger partial charge is 0.0368 e. The van der Waals surface area contributed by atoms with Crippen LogP contribution < -0.4 is 16.0 Å². The van der Waals surface area contributed by atoms with E-state index >= 15 is 0 Å². The first-order valence-corrected chi connectivity index (χ1v) is 9.59. The molecule has 134 valence electrons. The molecule has 4 heteroatoms. The lowest BCUT2D eigenvalue weighted by atomic mass is 9.86. The van der Waals surface area contributed by atoms with Crippen LogP contribution in [0.15, 0.2) is 24.3 Å². The van der Waals surface area contributed by atoms with Gasteiger partial charge in [-0.3, -0.25) is 4.90 Å². The van der Waals surface area contributed by atoms with E-state index in [1.807, 2.05) is 0 Å². The first-order chi connectivity index (χ1) is 11.5. The van der Waals surface area contributed by atoms with Gasteiger partial charge in [-0.15, -0.1) is 0 Å². The Kier molecular flexibility index (Phi) is 5.67. The minimum atomic E-state index is 0.439. The van der Waals surface area contributed by atoms with Crippen molar-refractivity contribution in [1.82, 2.24) is 4.90 Å². The highest BCUT2D eigenvalue weighted by molar-refractivity contribution is 5.55. The summed E-state index contributed by atoms with van der Waals surface area (Å²) >= 11 is 0. The number of hydrogen-bond acceptors (Lipinski definition) is 4. The van der Waals surface area contributed by atoms with Gasteiger partial charge in [0.25, 0.3) is 0 Å². The van der Waals surface area contributed by atoms with Crippen LogP contribution in [-0.2, 0) is 0 Å². The molecule has 1 aliphatic heterocycles. The topological polar surface area (TPSA) is 44.5 Å². The molecule has 1 saturated heterocycles. The summed E-state index contributed by atoms with van der Waals surface area (Å²) < 4.78 is 0. The Bertz CT molecular complexity index is 495. The highest BCUT2D eigenvalue weighted by Crippen LogP contribution is 2.25. The molecule has 0 spiro atoms. The maximum Gasteiger partial charge on any atom is 0.0368 e. The molecule has 1 aromatic rings. The Morgan fingerprint density at radius 1 is 1.00 bits per heavy atom. The normalized spacial score (nSPS) is 31.9. The number of nitrogens with zero attached hydrogens (tertiary/aromatic N) is 2. The first kappa shape index (κ1) is 17.6. The molecule has 0 aromatic heterocycles. The maximum absolute atomic E-state index is 5.99. The molecule has 3 N–H and O–H groups in total. The van der Waals surface area contributed by atoms with Crippen LogP contribution in [0.4, 0.5) is 11.4 Å². The van der Waals surface area contributed by atoms with E-state index in [0.717, 1.165) is 25.6 Å². The van der Waals surface area contributed by atoms with Crippen LogP contribution in [0.25, 0.3) is 0 Å². The molecule has 3 rings (SSSR count). The predicted molar refractivity (Wildman–Crippen MR) is 104 cm³/mol. The zero-order chi connectivity index (χ0) is 17.1. The minimum Gasteiger partial charge on any atom is -0.385 e. The molecule has 2 unspecified atom stereocenters. The maximum atomic E-state index is 5.99. The Hall–Kier alpha value is -1.26. The van der Waals surface area contributed by atoms with Crippen molar-refractivity contribution in [3.05, 3.63) is 24.3 Å². The lowest BCUT2D eigenvalue weighted by Crippen LogP contribution is -2.55. The summed E-state index contributed by atoms with van der Waals surface area (Å²) in [4.78, 5) is 4.99. The van der Waals surface area contributed by atoms with Gasteiger partial charge >= 0.3 is 0 Å². The zero-order valence-corrected chi connectivity index (χ0v) is 15.5. The second-order valence-corrected chi connectivity index (χ2v) is 7.98. The molecule has 1 aromatic carbocycles. The molecule has 0 amide bonds. The van der Waals surface area contributed by atoms with E-state index in [4.69, 9.17) is 5.73 Å². The lowest BCUT2D eigenvalue weighted by Gasteiger charge is -2.43. The molecule has 1 saturated carbocycles. The molecule has 2 aliphatic rings. The van der Waals surface area contributed by atoms with Crippen LogP contribution in [-0.4, -0.2) is 49.7 Å². The first-order valence-electron chi connectivity index (χ1n) is 9.59. The van der Waals surface area contributed by atoms with Gasteiger partial charge in [0, 0.05) is 49.1 Å². The Morgan fingerprint density at radius 2 is 1.58 bits per heavy atom. The average molecular weight is 331 g/mol. The van der Waals surface area contributed by atoms with Crippen molar-refractivity contribution in [3.63, 3.8) is 0 Å². The summed E-state index contributed by atoms with van der Waals surface area (Å²) in [5.41, 5.74) is 8.57. The zero-order valence-electron chi connectivity index (χ0n) is 15.5. The fourth-order valence-electron chi connectivity index (χ4n) is 4.06. The Labute approximate surface area is 147 Å². The van der Waals surface area contributed by atoms with E-state index in [2.05, 4.69) is 60.3 Å². The summed E-state index contributed by atoms with van der Waals surface area (Å²) in [5.74, 6) is 0.781. The molecule has 0 bridgehead atoms. The second-order valence-electron chi connectivity index (χ2n) is 7.98. The van der Waals surface area contributed by atoms with Crippen molar-refractivity contribution < 1.29 is 0 Å². The van der Waals surface area contributed by atoms with Crippen molar-refractivity contribution in [2.75, 3.05) is 36.9 Å². The van der Waals surface area contributed by atoms with Gasteiger partial charge in [-0.05, 0) is 76.8 Å². The van der Waals surface area contributed by atoms with Gasteiger partial charge in [0.1, 0.15) is 0 Å². The van der Waals surface area contributed by atoms with E-state index in [0.29, 0.717) is 18.1 Å². The highest BCUT2D eigenvalue weighted by atomic mass is 15.3. The van der Waals surface area contributed by atoms with Crippen molar-refractivity contribution in [2.24, 2.45) is 11.7 Å². The van der Waals surface area contributed by atoms with Gasteiger partial charge in [0.2, 0.25) is 0 Å². The molecule has 2 atom stereocenters. The number of nitrogens with one attached hydrogen (secondary N) is 1. The second kappa shape index (κ2) is 7.75. The highest BCUT2D eigenvalue weighted by Gasteiger charge is 2.26. The number of benzene rings is 1. The van der Waals surface area contributed by atoms with Gasteiger partial charge < -0.3 is 16.0 Å². The number of hydrogen-bond donors (Lipinski definition) is 2. The molecule has 0 radical (unpaired) electrons. The fraction of sp³-hybridized carbons (Fsp3) is 0.700. The molecule has 1 heterocycles. The Morgan fingerprint density at radius 3 is 2.17 bits per heavy atom. The van der Waals surface area contributed by atoms with Crippen LogP contribution in [0.1, 0.15) is 39.5 Å². The number of nitrogens with two attached hydrogens (primary N) is 1. The van der Waals surface area contributed by atoms with Crippen LogP contribution in [0.5, 0.6) is 0 Å². The van der Waals surface area contributed by atoms with Crippen molar-refractivity contribution in [3.8, 4) is 0 Å². The van der Waals surface area contributed by atoms with Crippen molar-refractivity contribution in [2.45, 2.75) is 57.7 Å². The van der Waals surface area contributed by atoms with Gasteiger partial charge in [-0.1, -0.05) is 0 Å². The van der Waals surface area contributed by atoms with Crippen LogP contribution in [0, 0.1) is 5.92 Å². The molecule has 1 aliphatic carbocycles. The van der Waals surface area contributed by atoms with E-state index in [1.165, 1.54) is 37.1 Å². The van der Waals surface area contributed by atoms with Crippen molar-refractivity contribution in [1.29, 1.82) is 0 Å². The molecule has 2 fully saturated rings. The number of piperazine rings is 1. The monoisotopic (exact) mass is 330 g/mol. The number of rotatable bonds is 4. The van der Waals surface area contributed by atoms with Crippen LogP contribution in [0.2, 0.25) is 0 Å². The van der Waals surface area contributed by atoms with E-state index in [1.54, 1.807) is 0 Å². The van der Waals surface area contributed by atoms with E-state index in [9.17, 15) is 0 Å². The molecule has 24 heavy (non-hydrogen) atoms. The number of anilines is 2. The fourth-order valence-corrected chi connectivity index (χ4v) is 4.06. The third kappa shape index (κ3) is 4.22. The van der Waals surface area contributed by atoms with Gasteiger partial charge in [-0.25, -0.2) is 0 Å². The van der Waals surface area contributed by atoms with Gasteiger partial charge in [0.15, 0.2) is 0 Å². The van der Waals surface area contributed by atoms with Gasteiger partial charge in [0.05, 0.1) is 0 Å². The standard InChI is InChI=1S/C20H34N4/c1-15-13-24(14-16(2)23(15)3)20-10-8-19(9-11-20)22-12-17-4-6-18(21)7-5-17/h8-11,15-18,22H,4-7,12-14,21H2,1-3H3/t15?,16?,17-,18-. The third-order valence-electron chi connectivity index (χ3n) is 6.08. The SMILES string of the molecule is CC1CN(c2ccc(NC[C@H]3CC[C@H](N)CC3)cc2)CC(C)N1C. The van der Waals surface area contributed by atoms with Crippen molar-refractivity contribution >= 4 is 11.4 Å². The summed E-state index contributed by atoms with van der Waals surface area (Å²) in [5, 5.41) is 3.62. The number of likely N-dealkylation sites (N-methyl/N-ethyl adjacent to an activating group) is 1. The largest absolute Gasteiger partial charge is 0.385 e. The summed E-state index contributed by atoms with van der Waals surface area (Å²) in [6.45, 7) is 7.92. The molecule has 4 nitrogen and oxygen atoms in total. The summed E-state index contributed by atoms with van der Waals surface area (Å²) in [6.07, 6.45) is 4.91. The Balaban J connectivity index is 1.52.